The Morgan fingerprint density at radius 1 is 1.12 bits per heavy atom. The molecule has 0 N–H and O–H groups in total. The molecular formula is C15H20O2. The van der Waals surface area contributed by atoms with Gasteiger partial charge in [0.05, 0.1) is 5.57 Å². The van der Waals surface area contributed by atoms with Gasteiger partial charge in [0.1, 0.15) is 5.76 Å². The first kappa shape index (κ1) is 12.2. The number of esters is 1. The van der Waals surface area contributed by atoms with Crippen LogP contribution >= 0.6 is 0 Å². The van der Waals surface area contributed by atoms with Gasteiger partial charge in [-0.05, 0) is 57.6 Å². The predicted octanol–water partition coefficient (Wildman–Crippen LogP) is 4.04. The minimum Gasteiger partial charge on any atom is -0.428 e. The number of rotatable bonds is 3. The molecule has 2 rings (SSSR count). The van der Waals surface area contributed by atoms with Crippen molar-refractivity contribution in [1.82, 2.24) is 0 Å². The predicted molar refractivity (Wildman–Crippen MR) is 68.3 cm³/mol. The monoisotopic (exact) mass is 232 g/mol. The van der Waals surface area contributed by atoms with Gasteiger partial charge >= 0.3 is 5.97 Å². The average molecular weight is 232 g/mol. The Labute approximate surface area is 103 Å². The van der Waals surface area contributed by atoms with Gasteiger partial charge in [-0.25, -0.2) is 4.79 Å². The zero-order valence-corrected chi connectivity index (χ0v) is 10.7. The minimum absolute atomic E-state index is 0.161. The van der Waals surface area contributed by atoms with Crippen molar-refractivity contribution < 1.29 is 9.53 Å². The van der Waals surface area contributed by atoms with Crippen molar-refractivity contribution in [2.45, 2.75) is 52.4 Å². The zero-order valence-electron chi connectivity index (χ0n) is 10.7. The fourth-order valence-electron chi connectivity index (χ4n) is 2.46. The van der Waals surface area contributed by atoms with Crippen molar-refractivity contribution in [2.75, 3.05) is 0 Å². The van der Waals surface area contributed by atoms with Crippen molar-refractivity contribution >= 4 is 5.97 Å². The molecule has 0 aliphatic heterocycles. The molecule has 0 aromatic heterocycles. The summed E-state index contributed by atoms with van der Waals surface area (Å²) in [4.78, 5) is 12.2. The summed E-state index contributed by atoms with van der Waals surface area (Å²) < 4.78 is 5.47. The largest absolute Gasteiger partial charge is 0.428 e. The second kappa shape index (κ2) is 5.35. The van der Waals surface area contributed by atoms with Crippen LogP contribution in [-0.4, -0.2) is 5.97 Å². The van der Waals surface area contributed by atoms with Crippen LogP contribution in [0.4, 0.5) is 0 Å². The highest BCUT2D eigenvalue weighted by Gasteiger charge is 2.21. The summed E-state index contributed by atoms with van der Waals surface area (Å²) in [5.41, 5.74) is 3.03. The number of carbonyl (C=O) groups is 1. The lowest BCUT2D eigenvalue weighted by molar-refractivity contribution is -0.134. The minimum atomic E-state index is -0.161. The Hall–Kier alpha value is -1.31. The van der Waals surface area contributed by atoms with Crippen LogP contribution in [0.3, 0.4) is 0 Å². The third-order valence-corrected chi connectivity index (χ3v) is 3.29. The number of allylic oxidation sites excluding steroid dienone is 4. The second-order valence-corrected chi connectivity index (χ2v) is 4.95. The van der Waals surface area contributed by atoms with E-state index in [2.05, 4.69) is 6.08 Å². The van der Waals surface area contributed by atoms with E-state index < -0.39 is 0 Å². The maximum Gasteiger partial charge on any atom is 0.343 e. The van der Waals surface area contributed by atoms with Gasteiger partial charge in [0.25, 0.3) is 0 Å². The summed E-state index contributed by atoms with van der Waals surface area (Å²) in [6, 6.07) is 0. The van der Waals surface area contributed by atoms with Gasteiger partial charge in [-0.3, -0.25) is 0 Å². The fourth-order valence-corrected chi connectivity index (χ4v) is 2.46. The highest BCUT2D eigenvalue weighted by Crippen LogP contribution is 2.29. The molecule has 0 fully saturated rings. The molecule has 0 amide bonds. The molecule has 92 valence electrons. The molecule has 0 bridgehead atoms. The van der Waals surface area contributed by atoms with Crippen LogP contribution in [0.15, 0.2) is 34.6 Å². The van der Waals surface area contributed by atoms with Gasteiger partial charge in [-0.2, -0.15) is 0 Å². The molecule has 0 radical (unpaired) electrons. The fraction of sp³-hybridized carbons (Fsp3) is 0.533. The Balaban J connectivity index is 2.11. The molecule has 2 heteroatoms. The Morgan fingerprint density at radius 2 is 1.82 bits per heavy atom. The smallest absolute Gasteiger partial charge is 0.343 e. The number of ether oxygens (including phenoxy) is 1. The topological polar surface area (TPSA) is 26.3 Å². The molecule has 2 nitrogen and oxygen atoms in total. The SMILES string of the molecule is CC(C)=C(C(=O)OC1=CCCC1)C1=CCCC1. The van der Waals surface area contributed by atoms with Gasteiger partial charge in [0.15, 0.2) is 0 Å². The van der Waals surface area contributed by atoms with Crippen LogP contribution in [0.5, 0.6) is 0 Å². The van der Waals surface area contributed by atoms with Gasteiger partial charge in [-0.1, -0.05) is 11.6 Å². The summed E-state index contributed by atoms with van der Waals surface area (Å²) in [5.74, 6) is 0.693. The molecule has 2 aliphatic carbocycles. The zero-order chi connectivity index (χ0) is 12.3. The molecule has 0 spiro atoms. The average Bonchev–Trinajstić information content (AvgIpc) is 2.89. The van der Waals surface area contributed by atoms with E-state index in [0.29, 0.717) is 0 Å². The summed E-state index contributed by atoms with van der Waals surface area (Å²) in [6.45, 7) is 3.97. The summed E-state index contributed by atoms with van der Waals surface area (Å²) in [5, 5.41) is 0. The van der Waals surface area contributed by atoms with E-state index in [1.165, 1.54) is 5.57 Å². The summed E-state index contributed by atoms with van der Waals surface area (Å²) in [7, 11) is 0. The van der Waals surface area contributed by atoms with E-state index in [-0.39, 0.29) is 5.97 Å². The van der Waals surface area contributed by atoms with Crippen molar-refractivity contribution in [3.63, 3.8) is 0 Å². The Kier molecular flexibility index (Phi) is 3.82. The lowest BCUT2D eigenvalue weighted by Crippen LogP contribution is -2.10. The number of carbonyl (C=O) groups excluding carboxylic acids is 1. The lowest BCUT2D eigenvalue weighted by atomic mass is 10.0. The molecule has 0 heterocycles. The van der Waals surface area contributed by atoms with Crippen LogP contribution in [0.2, 0.25) is 0 Å². The molecule has 0 aromatic rings. The molecule has 17 heavy (non-hydrogen) atoms. The van der Waals surface area contributed by atoms with Crippen LogP contribution in [0.1, 0.15) is 52.4 Å². The maximum absolute atomic E-state index is 12.2. The lowest BCUT2D eigenvalue weighted by Gasteiger charge is -2.11. The van der Waals surface area contributed by atoms with Crippen molar-refractivity contribution in [3.05, 3.63) is 34.6 Å². The van der Waals surface area contributed by atoms with Gasteiger partial charge < -0.3 is 4.74 Å². The van der Waals surface area contributed by atoms with Crippen LogP contribution in [0, 0.1) is 0 Å². The first-order chi connectivity index (χ1) is 8.18. The highest BCUT2D eigenvalue weighted by atomic mass is 16.5. The third kappa shape index (κ3) is 2.87. The first-order valence-electron chi connectivity index (χ1n) is 6.46. The van der Waals surface area contributed by atoms with E-state index in [1.54, 1.807) is 0 Å². The molecule has 0 atom stereocenters. The first-order valence-corrected chi connectivity index (χ1v) is 6.46. The molecule has 2 aliphatic rings. The Morgan fingerprint density at radius 3 is 2.35 bits per heavy atom. The van der Waals surface area contributed by atoms with Gasteiger partial charge in [0, 0.05) is 6.42 Å². The quantitative estimate of drug-likeness (QED) is 0.542. The van der Waals surface area contributed by atoms with E-state index in [0.717, 1.165) is 55.4 Å². The molecular weight excluding hydrogens is 212 g/mol. The van der Waals surface area contributed by atoms with E-state index >= 15 is 0 Å². The molecule has 0 saturated heterocycles. The van der Waals surface area contributed by atoms with Gasteiger partial charge in [-0.15, -0.1) is 0 Å². The van der Waals surface area contributed by atoms with Crippen molar-refractivity contribution in [1.29, 1.82) is 0 Å². The summed E-state index contributed by atoms with van der Waals surface area (Å²) in [6.07, 6.45) is 10.5. The Bertz CT molecular complexity index is 407. The molecule has 0 saturated carbocycles. The maximum atomic E-state index is 12.2. The standard InChI is InChI=1S/C15H20O2/c1-11(2)14(12-7-3-4-8-12)15(16)17-13-9-5-6-10-13/h7,9H,3-6,8,10H2,1-2H3. The normalized spacial score (nSPS) is 18.7. The molecule has 0 unspecified atom stereocenters. The highest BCUT2D eigenvalue weighted by molar-refractivity contribution is 5.94. The van der Waals surface area contributed by atoms with Crippen LogP contribution in [0.25, 0.3) is 0 Å². The van der Waals surface area contributed by atoms with Crippen molar-refractivity contribution in [3.8, 4) is 0 Å². The van der Waals surface area contributed by atoms with Crippen LogP contribution in [-0.2, 0) is 9.53 Å². The van der Waals surface area contributed by atoms with Crippen LogP contribution < -0.4 is 0 Å². The van der Waals surface area contributed by atoms with Gasteiger partial charge in [0.2, 0.25) is 0 Å². The van der Waals surface area contributed by atoms with E-state index in [9.17, 15) is 4.79 Å². The van der Waals surface area contributed by atoms with Crippen molar-refractivity contribution in [2.24, 2.45) is 0 Å². The van der Waals surface area contributed by atoms with E-state index in [1.807, 2.05) is 19.9 Å². The number of hydrogen-bond acceptors (Lipinski definition) is 2. The summed E-state index contributed by atoms with van der Waals surface area (Å²) >= 11 is 0. The second-order valence-electron chi connectivity index (χ2n) is 4.95. The molecule has 0 aromatic carbocycles. The van der Waals surface area contributed by atoms with E-state index in [4.69, 9.17) is 4.74 Å². The third-order valence-electron chi connectivity index (χ3n) is 3.29. The number of hydrogen-bond donors (Lipinski definition) is 0.